The number of hydrogen-bond acceptors (Lipinski definition) is 5. The van der Waals surface area contributed by atoms with Crippen LogP contribution in [0.2, 0.25) is 0 Å². The highest BCUT2D eigenvalue weighted by atomic mass is 32.1. The SMILES string of the molecule is COc1ccccc1C(=O)c1ccc(-c2noc(C(F)(F)F)c2C)s1. The van der Waals surface area contributed by atoms with E-state index in [1.165, 1.54) is 14.0 Å². The Labute approximate surface area is 144 Å². The Morgan fingerprint density at radius 2 is 1.92 bits per heavy atom. The van der Waals surface area contributed by atoms with Crippen LogP contribution in [0.25, 0.3) is 10.6 Å². The lowest BCUT2D eigenvalue weighted by Gasteiger charge is -2.05. The highest BCUT2D eigenvalue weighted by Crippen LogP contribution is 2.38. The first-order valence-corrected chi connectivity index (χ1v) is 7.96. The zero-order valence-electron chi connectivity index (χ0n) is 13.2. The molecular weight excluding hydrogens is 355 g/mol. The number of benzene rings is 1. The molecular formula is C17H12F3NO3S. The third-order valence-electron chi connectivity index (χ3n) is 3.60. The molecule has 130 valence electrons. The van der Waals surface area contributed by atoms with E-state index in [-0.39, 0.29) is 17.0 Å². The lowest BCUT2D eigenvalue weighted by Crippen LogP contribution is -2.04. The van der Waals surface area contributed by atoms with E-state index in [1.807, 2.05) is 0 Å². The van der Waals surface area contributed by atoms with E-state index in [9.17, 15) is 18.0 Å². The Balaban J connectivity index is 1.96. The molecule has 3 aromatic rings. The fourth-order valence-electron chi connectivity index (χ4n) is 2.38. The van der Waals surface area contributed by atoms with Crippen molar-refractivity contribution in [3.8, 4) is 16.3 Å². The number of halogens is 3. The molecule has 2 aromatic heterocycles. The Morgan fingerprint density at radius 3 is 2.56 bits per heavy atom. The van der Waals surface area contributed by atoms with Crippen LogP contribution in [0.15, 0.2) is 40.9 Å². The lowest BCUT2D eigenvalue weighted by atomic mass is 10.1. The number of alkyl halides is 3. The molecule has 2 heterocycles. The highest BCUT2D eigenvalue weighted by molar-refractivity contribution is 7.17. The third kappa shape index (κ3) is 3.17. The number of ether oxygens (including phenoxy) is 1. The van der Waals surface area contributed by atoms with Crippen LogP contribution < -0.4 is 4.74 Å². The smallest absolute Gasteiger partial charge is 0.452 e. The van der Waals surface area contributed by atoms with Crippen molar-refractivity contribution < 1.29 is 27.2 Å². The predicted octanol–water partition coefficient (Wildman–Crippen LogP) is 4.97. The molecule has 1 aromatic carbocycles. The quantitative estimate of drug-likeness (QED) is 0.611. The molecule has 0 saturated carbocycles. The summed E-state index contributed by atoms with van der Waals surface area (Å²) in [6.07, 6.45) is -4.61. The minimum absolute atomic E-state index is 0.0800. The van der Waals surface area contributed by atoms with Gasteiger partial charge in [0.2, 0.25) is 11.5 Å². The summed E-state index contributed by atoms with van der Waals surface area (Å²) in [5, 5.41) is 3.51. The van der Waals surface area contributed by atoms with E-state index in [2.05, 4.69) is 9.68 Å². The molecule has 0 radical (unpaired) electrons. The summed E-state index contributed by atoms with van der Waals surface area (Å²) in [5.74, 6) is -0.973. The van der Waals surface area contributed by atoms with Gasteiger partial charge < -0.3 is 9.26 Å². The van der Waals surface area contributed by atoms with Crippen molar-refractivity contribution in [1.82, 2.24) is 5.16 Å². The molecule has 0 aliphatic heterocycles. The molecule has 0 aliphatic carbocycles. The topological polar surface area (TPSA) is 52.3 Å². The van der Waals surface area contributed by atoms with Gasteiger partial charge in [-0.2, -0.15) is 13.2 Å². The summed E-state index contributed by atoms with van der Waals surface area (Å²) in [6.45, 7) is 1.29. The number of thiophene rings is 1. The molecule has 0 spiro atoms. The minimum atomic E-state index is -4.61. The van der Waals surface area contributed by atoms with Gasteiger partial charge in [0.1, 0.15) is 11.4 Å². The van der Waals surface area contributed by atoms with Crippen molar-refractivity contribution in [1.29, 1.82) is 0 Å². The lowest BCUT2D eigenvalue weighted by molar-refractivity contribution is -0.156. The van der Waals surface area contributed by atoms with Crippen LogP contribution in [0.5, 0.6) is 5.75 Å². The normalized spacial score (nSPS) is 11.6. The fourth-order valence-corrected chi connectivity index (χ4v) is 3.38. The van der Waals surface area contributed by atoms with Gasteiger partial charge in [-0.3, -0.25) is 4.79 Å². The Kier molecular flexibility index (Phi) is 4.38. The number of carbonyl (C=O) groups excluding carboxylic acids is 1. The van der Waals surface area contributed by atoms with Crippen molar-refractivity contribution in [2.75, 3.05) is 7.11 Å². The van der Waals surface area contributed by atoms with Crippen LogP contribution in [0, 0.1) is 6.92 Å². The number of aromatic nitrogens is 1. The van der Waals surface area contributed by atoms with Gasteiger partial charge in [0, 0.05) is 5.56 Å². The molecule has 25 heavy (non-hydrogen) atoms. The van der Waals surface area contributed by atoms with Gasteiger partial charge in [-0.25, -0.2) is 0 Å². The van der Waals surface area contributed by atoms with Crippen molar-refractivity contribution in [3.63, 3.8) is 0 Å². The average Bonchev–Trinajstić information content (AvgIpc) is 3.20. The van der Waals surface area contributed by atoms with Crippen molar-refractivity contribution in [2.24, 2.45) is 0 Å². The second-order valence-corrected chi connectivity index (χ2v) is 6.26. The first-order valence-electron chi connectivity index (χ1n) is 7.14. The zero-order valence-corrected chi connectivity index (χ0v) is 14.0. The first-order chi connectivity index (χ1) is 11.8. The summed E-state index contributed by atoms with van der Waals surface area (Å²) in [5.41, 5.74) is 0.355. The number of ketones is 1. The second-order valence-electron chi connectivity index (χ2n) is 5.18. The number of methoxy groups -OCH3 is 1. The monoisotopic (exact) mass is 367 g/mol. The number of nitrogens with zero attached hydrogens (tertiary/aromatic N) is 1. The van der Waals surface area contributed by atoms with E-state index < -0.39 is 11.9 Å². The van der Waals surface area contributed by atoms with E-state index >= 15 is 0 Å². The van der Waals surface area contributed by atoms with Crippen molar-refractivity contribution in [3.05, 3.63) is 58.2 Å². The number of carbonyl (C=O) groups is 1. The average molecular weight is 367 g/mol. The molecule has 0 unspecified atom stereocenters. The van der Waals surface area contributed by atoms with E-state index in [0.29, 0.717) is 21.1 Å². The third-order valence-corrected chi connectivity index (χ3v) is 4.69. The summed E-state index contributed by atoms with van der Waals surface area (Å²) in [7, 11) is 1.46. The molecule has 0 fully saturated rings. The highest BCUT2D eigenvalue weighted by Gasteiger charge is 2.39. The Hall–Kier alpha value is -2.61. The molecule has 0 N–H and O–H groups in total. The van der Waals surface area contributed by atoms with Crippen molar-refractivity contribution >= 4 is 17.1 Å². The molecule has 0 aliphatic rings. The number of rotatable bonds is 4. The maximum absolute atomic E-state index is 12.8. The maximum Gasteiger partial charge on any atom is 0.452 e. The number of para-hydroxylation sites is 1. The van der Waals surface area contributed by atoms with Crippen LogP contribution in [-0.4, -0.2) is 18.0 Å². The van der Waals surface area contributed by atoms with Crippen LogP contribution in [-0.2, 0) is 6.18 Å². The van der Waals surface area contributed by atoms with Gasteiger partial charge >= 0.3 is 6.18 Å². The Bertz CT molecular complexity index is 927. The molecule has 0 saturated heterocycles. The Morgan fingerprint density at radius 1 is 1.20 bits per heavy atom. The summed E-state index contributed by atoms with van der Waals surface area (Å²) < 4.78 is 48.1. The molecule has 0 amide bonds. The van der Waals surface area contributed by atoms with Gasteiger partial charge in [0.25, 0.3) is 0 Å². The molecule has 0 atom stereocenters. The summed E-state index contributed by atoms with van der Waals surface area (Å²) >= 11 is 1.05. The molecule has 0 bridgehead atoms. The molecule has 8 heteroatoms. The van der Waals surface area contributed by atoms with Gasteiger partial charge in [-0.15, -0.1) is 11.3 Å². The van der Waals surface area contributed by atoms with Gasteiger partial charge in [-0.1, -0.05) is 17.3 Å². The van der Waals surface area contributed by atoms with E-state index in [1.54, 1.807) is 36.4 Å². The minimum Gasteiger partial charge on any atom is -0.496 e. The van der Waals surface area contributed by atoms with Crippen LogP contribution in [0.3, 0.4) is 0 Å². The van der Waals surface area contributed by atoms with E-state index in [4.69, 9.17) is 4.74 Å². The fraction of sp³-hybridized carbons (Fsp3) is 0.176. The largest absolute Gasteiger partial charge is 0.496 e. The van der Waals surface area contributed by atoms with Gasteiger partial charge in [0.15, 0.2) is 0 Å². The summed E-state index contributed by atoms with van der Waals surface area (Å²) in [6, 6.07) is 9.85. The first kappa shape index (κ1) is 17.2. The van der Waals surface area contributed by atoms with E-state index in [0.717, 1.165) is 11.3 Å². The van der Waals surface area contributed by atoms with Gasteiger partial charge in [0.05, 0.1) is 22.4 Å². The van der Waals surface area contributed by atoms with Crippen LogP contribution in [0.1, 0.15) is 26.6 Å². The second kappa shape index (κ2) is 6.36. The van der Waals surface area contributed by atoms with Crippen LogP contribution in [0.4, 0.5) is 13.2 Å². The van der Waals surface area contributed by atoms with Crippen molar-refractivity contribution in [2.45, 2.75) is 13.1 Å². The zero-order chi connectivity index (χ0) is 18.2. The predicted molar refractivity (Wildman–Crippen MR) is 86.0 cm³/mol. The number of hydrogen-bond donors (Lipinski definition) is 0. The van der Waals surface area contributed by atoms with Gasteiger partial charge in [-0.05, 0) is 31.2 Å². The summed E-state index contributed by atoms with van der Waals surface area (Å²) in [4.78, 5) is 13.4. The molecule has 3 rings (SSSR count). The maximum atomic E-state index is 12.8. The molecule has 4 nitrogen and oxygen atoms in total. The van der Waals surface area contributed by atoms with Crippen LogP contribution >= 0.6 is 11.3 Å². The standard InChI is InChI=1S/C17H12F3NO3S/c1-9-14(21-24-16(9)17(18,19)20)12-7-8-13(25-12)15(22)10-5-3-4-6-11(10)23-2/h3-8H,1-2H3.